The van der Waals surface area contributed by atoms with Gasteiger partial charge in [-0.1, -0.05) is 18.0 Å². The van der Waals surface area contributed by atoms with Gasteiger partial charge in [0.25, 0.3) is 11.8 Å². The summed E-state index contributed by atoms with van der Waals surface area (Å²) in [7, 11) is 1.72. The SMILES string of the molecule is CN(CC1CCC1)[C@H](CNC(=O)c1ccc(Cl)s1)C(=O)Nc1ccc(N2CCOCC2=O)cc1C(F)(F)F. The van der Waals surface area contributed by atoms with E-state index in [1.54, 1.807) is 24.1 Å². The number of rotatable bonds is 9. The van der Waals surface area contributed by atoms with Gasteiger partial charge in [0.05, 0.1) is 27.1 Å². The summed E-state index contributed by atoms with van der Waals surface area (Å²) in [6.07, 6.45) is -1.66. The number of benzene rings is 1. The van der Waals surface area contributed by atoms with Gasteiger partial charge in [-0.2, -0.15) is 13.2 Å². The van der Waals surface area contributed by atoms with Crippen LogP contribution in [0.25, 0.3) is 0 Å². The van der Waals surface area contributed by atoms with E-state index >= 15 is 0 Å². The summed E-state index contributed by atoms with van der Waals surface area (Å²) >= 11 is 6.99. The fourth-order valence-corrected chi connectivity index (χ4v) is 5.38. The van der Waals surface area contributed by atoms with Crippen molar-refractivity contribution in [3.63, 3.8) is 0 Å². The summed E-state index contributed by atoms with van der Waals surface area (Å²) in [5.74, 6) is -1.16. The number of hydrogen-bond donors (Lipinski definition) is 2. The molecule has 2 heterocycles. The number of likely N-dealkylation sites (N-methyl/N-ethyl adjacent to an activating group) is 1. The van der Waals surface area contributed by atoms with Crippen molar-refractivity contribution >= 4 is 52.0 Å². The molecule has 206 valence electrons. The molecule has 0 spiro atoms. The minimum absolute atomic E-state index is 0.0733. The normalized spacial score (nSPS) is 17.3. The molecule has 0 radical (unpaired) electrons. The van der Waals surface area contributed by atoms with Crippen LogP contribution >= 0.6 is 22.9 Å². The van der Waals surface area contributed by atoms with Gasteiger partial charge in [-0.3, -0.25) is 19.3 Å². The van der Waals surface area contributed by atoms with Crippen LogP contribution in [-0.2, 0) is 20.5 Å². The summed E-state index contributed by atoms with van der Waals surface area (Å²) in [5.41, 5.74) is -1.42. The molecule has 2 aromatic rings. The van der Waals surface area contributed by atoms with Crippen LogP contribution in [0, 0.1) is 5.92 Å². The zero-order valence-corrected chi connectivity index (χ0v) is 22.2. The van der Waals surface area contributed by atoms with Crippen molar-refractivity contribution in [1.82, 2.24) is 10.2 Å². The lowest BCUT2D eigenvalue weighted by Crippen LogP contribution is -2.51. The minimum atomic E-state index is -4.78. The Balaban J connectivity index is 1.54. The van der Waals surface area contributed by atoms with E-state index in [1.165, 1.54) is 11.0 Å². The highest BCUT2D eigenvalue weighted by Crippen LogP contribution is 2.38. The maximum Gasteiger partial charge on any atom is 0.418 e. The molecule has 3 amide bonds. The van der Waals surface area contributed by atoms with Crippen molar-refractivity contribution in [3.05, 3.63) is 45.1 Å². The van der Waals surface area contributed by atoms with Crippen LogP contribution in [0.3, 0.4) is 0 Å². The summed E-state index contributed by atoms with van der Waals surface area (Å²) in [6, 6.07) is 5.59. The third-order valence-electron chi connectivity index (χ3n) is 6.72. The quantitative estimate of drug-likeness (QED) is 0.469. The first kappa shape index (κ1) is 28.3. The van der Waals surface area contributed by atoms with Gasteiger partial charge < -0.3 is 20.3 Å². The fraction of sp³-hybridized carbons (Fsp3) is 0.480. The number of carbonyl (C=O) groups is 3. The summed E-state index contributed by atoms with van der Waals surface area (Å²) in [5, 5.41) is 5.12. The fourth-order valence-electron chi connectivity index (χ4n) is 4.42. The lowest BCUT2D eigenvalue weighted by Gasteiger charge is -2.34. The minimum Gasteiger partial charge on any atom is -0.370 e. The molecule has 1 aromatic carbocycles. The van der Waals surface area contributed by atoms with Gasteiger partial charge in [0.1, 0.15) is 12.6 Å². The average molecular weight is 573 g/mol. The first-order valence-corrected chi connectivity index (χ1v) is 13.4. The number of alkyl halides is 3. The molecule has 4 rings (SSSR count). The summed E-state index contributed by atoms with van der Waals surface area (Å²) in [4.78, 5) is 41.4. The first-order chi connectivity index (χ1) is 18.0. The van der Waals surface area contributed by atoms with Crippen LogP contribution in [0.4, 0.5) is 24.5 Å². The molecule has 1 aromatic heterocycles. The Labute approximate surface area is 227 Å². The number of nitrogens with one attached hydrogen (secondary N) is 2. The second kappa shape index (κ2) is 12.0. The molecule has 0 unspecified atom stereocenters. The van der Waals surface area contributed by atoms with Crippen LogP contribution in [0.15, 0.2) is 30.3 Å². The highest BCUT2D eigenvalue weighted by atomic mass is 35.5. The summed E-state index contributed by atoms with van der Waals surface area (Å²) in [6.45, 7) is 0.599. The zero-order valence-electron chi connectivity index (χ0n) is 20.6. The van der Waals surface area contributed by atoms with Crippen molar-refractivity contribution in [2.75, 3.05) is 50.1 Å². The largest absolute Gasteiger partial charge is 0.418 e. The lowest BCUT2D eigenvalue weighted by molar-refractivity contribution is -0.137. The van der Waals surface area contributed by atoms with E-state index in [0.29, 0.717) is 21.7 Å². The van der Waals surface area contributed by atoms with Gasteiger partial charge in [-0.05, 0) is 56.1 Å². The Hall–Kier alpha value is -2.67. The van der Waals surface area contributed by atoms with E-state index < -0.39 is 41.2 Å². The second-order valence-electron chi connectivity index (χ2n) is 9.38. The molecule has 1 aliphatic heterocycles. The number of ether oxygens (including phenoxy) is 1. The number of anilines is 2. The molecule has 2 aliphatic rings. The van der Waals surface area contributed by atoms with Crippen LogP contribution in [0.5, 0.6) is 0 Å². The number of carbonyl (C=O) groups excluding carboxylic acids is 3. The lowest BCUT2D eigenvalue weighted by atomic mass is 9.85. The van der Waals surface area contributed by atoms with Crippen molar-refractivity contribution in [1.29, 1.82) is 0 Å². The number of amides is 3. The molecule has 1 saturated heterocycles. The van der Waals surface area contributed by atoms with Gasteiger partial charge in [0, 0.05) is 25.3 Å². The molecule has 8 nitrogen and oxygen atoms in total. The van der Waals surface area contributed by atoms with Crippen molar-refractivity contribution < 1.29 is 32.3 Å². The van der Waals surface area contributed by atoms with Crippen molar-refractivity contribution in [2.45, 2.75) is 31.5 Å². The van der Waals surface area contributed by atoms with Crippen LogP contribution in [0.2, 0.25) is 4.34 Å². The zero-order chi connectivity index (χ0) is 27.4. The van der Waals surface area contributed by atoms with E-state index in [0.717, 1.165) is 42.7 Å². The Morgan fingerprint density at radius 1 is 1.26 bits per heavy atom. The summed E-state index contributed by atoms with van der Waals surface area (Å²) < 4.78 is 47.5. The number of thiophene rings is 1. The van der Waals surface area contributed by atoms with Crippen LogP contribution in [-0.4, -0.2) is 68.6 Å². The number of morpholine rings is 1. The third-order valence-corrected chi connectivity index (χ3v) is 7.95. The standard InChI is InChI=1S/C25H28ClF3N4O4S/c1-32(13-15-3-2-4-15)19(12-30-24(36)20-7-8-21(26)38-20)23(35)31-18-6-5-16(11-17(18)25(27,28)29)33-9-10-37-14-22(33)34/h5-8,11,15,19H,2-4,9-10,12-14H2,1H3,(H,30,36)(H,31,35)/t19-/m1/s1. The predicted octanol–water partition coefficient (Wildman–Crippen LogP) is 4.25. The molecular formula is C25H28ClF3N4O4S. The Morgan fingerprint density at radius 3 is 2.63 bits per heavy atom. The molecule has 1 aliphatic carbocycles. The maximum absolute atomic E-state index is 14.0. The van der Waals surface area contributed by atoms with Gasteiger partial charge >= 0.3 is 6.18 Å². The molecule has 38 heavy (non-hydrogen) atoms. The molecular weight excluding hydrogens is 545 g/mol. The second-order valence-corrected chi connectivity index (χ2v) is 11.1. The van der Waals surface area contributed by atoms with Crippen LogP contribution in [0.1, 0.15) is 34.5 Å². The van der Waals surface area contributed by atoms with Gasteiger partial charge in [-0.15, -0.1) is 11.3 Å². The van der Waals surface area contributed by atoms with E-state index in [1.807, 2.05) is 0 Å². The average Bonchev–Trinajstić information content (AvgIpc) is 3.28. The Morgan fingerprint density at radius 2 is 2.03 bits per heavy atom. The van der Waals surface area contributed by atoms with Gasteiger partial charge in [0.2, 0.25) is 5.91 Å². The van der Waals surface area contributed by atoms with Crippen LogP contribution < -0.4 is 15.5 Å². The smallest absolute Gasteiger partial charge is 0.370 e. The monoisotopic (exact) mass is 572 g/mol. The Bertz CT molecular complexity index is 1190. The Kier molecular flexibility index (Phi) is 8.96. The first-order valence-electron chi connectivity index (χ1n) is 12.2. The molecule has 0 bridgehead atoms. The third kappa shape index (κ3) is 6.85. The van der Waals surface area contributed by atoms with Gasteiger partial charge in [-0.25, -0.2) is 0 Å². The van der Waals surface area contributed by atoms with E-state index in [-0.39, 0.29) is 32.0 Å². The molecule has 2 N–H and O–H groups in total. The van der Waals surface area contributed by atoms with E-state index in [9.17, 15) is 27.6 Å². The van der Waals surface area contributed by atoms with Crippen molar-refractivity contribution in [2.24, 2.45) is 5.92 Å². The van der Waals surface area contributed by atoms with E-state index in [2.05, 4.69) is 10.6 Å². The maximum atomic E-state index is 14.0. The molecule has 13 heteroatoms. The number of nitrogens with zero attached hydrogens (tertiary/aromatic N) is 2. The number of halogens is 4. The molecule has 1 atom stereocenters. The predicted molar refractivity (Wildman–Crippen MR) is 139 cm³/mol. The van der Waals surface area contributed by atoms with E-state index in [4.69, 9.17) is 16.3 Å². The van der Waals surface area contributed by atoms with Gasteiger partial charge in [0.15, 0.2) is 0 Å². The molecule has 2 fully saturated rings. The highest BCUT2D eigenvalue weighted by molar-refractivity contribution is 7.18. The molecule has 1 saturated carbocycles. The topological polar surface area (TPSA) is 91.0 Å². The number of hydrogen-bond acceptors (Lipinski definition) is 6. The highest BCUT2D eigenvalue weighted by Gasteiger charge is 2.36. The van der Waals surface area contributed by atoms with Crippen molar-refractivity contribution in [3.8, 4) is 0 Å².